The zero-order valence-electron chi connectivity index (χ0n) is 12.5. The van der Waals surface area contributed by atoms with Gasteiger partial charge in [-0.05, 0) is 24.3 Å². The molecule has 1 aromatic rings. The second-order valence-electron chi connectivity index (χ2n) is 5.80. The lowest BCUT2D eigenvalue weighted by atomic mass is 10.2. The number of likely N-dealkylation sites (tertiary alicyclic amines) is 1. The van der Waals surface area contributed by atoms with Crippen molar-refractivity contribution in [1.82, 2.24) is 4.90 Å². The molecule has 1 aliphatic heterocycles. The number of aromatic hydroxyl groups is 1. The van der Waals surface area contributed by atoms with Crippen molar-refractivity contribution in [2.45, 2.75) is 19.1 Å². The Kier molecular flexibility index (Phi) is 6.11. The summed E-state index contributed by atoms with van der Waals surface area (Å²) in [6.07, 6.45) is 0.0291. The molecule has 3 atom stereocenters. The number of phenolic OH excluding ortho intramolecular Hbond substituents is 1. The van der Waals surface area contributed by atoms with E-state index in [-0.39, 0.29) is 18.2 Å². The minimum absolute atomic E-state index is 0.0851. The molecule has 1 saturated carbocycles. The number of carbonyl (C=O) groups excluding carboxylic acids is 1. The van der Waals surface area contributed by atoms with Crippen LogP contribution in [0.4, 0.5) is 0 Å². The fraction of sp³-hybridized carbons (Fsp3) is 0.533. The number of benzene rings is 1. The molecule has 0 radical (unpaired) electrons. The first-order chi connectivity index (χ1) is 10.9. The van der Waals surface area contributed by atoms with Crippen LogP contribution >= 0.6 is 23.2 Å². The van der Waals surface area contributed by atoms with Gasteiger partial charge < -0.3 is 26.0 Å². The first-order valence-electron chi connectivity index (χ1n) is 7.32. The Bertz CT molecular complexity index is 575. The number of hydrogen-bond donors (Lipinski definition) is 4. The summed E-state index contributed by atoms with van der Waals surface area (Å²) >= 11 is 11.3. The van der Waals surface area contributed by atoms with Crippen LogP contribution in [0.15, 0.2) is 12.1 Å². The third kappa shape index (κ3) is 4.49. The minimum Gasteiger partial charge on any atom is -0.508 e. The molecule has 5 N–H and O–H groups in total. The van der Waals surface area contributed by atoms with Gasteiger partial charge in [0.2, 0.25) is 0 Å². The van der Waals surface area contributed by atoms with Crippen molar-refractivity contribution in [3.8, 4) is 5.75 Å². The summed E-state index contributed by atoms with van der Waals surface area (Å²) in [5.41, 5.74) is 5.90. The summed E-state index contributed by atoms with van der Waals surface area (Å²) < 4.78 is 0. The van der Waals surface area contributed by atoms with Crippen LogP contribution in [-0.2, 0) is 11.3 Å². The standard InChI is InChI=1S/C8H13NO3.C7H7Cl2NO/c10-4-7(11)8(12)9-2-5-1-6(5)3-9;8-5-1-4(3-10)7(11)2-6(5)9/h5-7,10-11H,1-4H2;1-2,11H,3,10H2. The monoisotopic (exact) mass is 362 g/mol. The molecule has 3 rings (SSSR count). The largest absolute Gasteiger partial charge is 0.508 e. The second kappa shape index (κ2) is 7.68. The highest BCUT2D eigenvalue weighted by molar-refractivity contribution is 6.42. The average molecular weight is 363 g/mol. The number of nitrogens with zero attached hydrogens (tertiary/aromatic N) is 1. The zero-order chi connectivity index (χ0) is 17.1. The predicted octanol–water partition coefficient (Wildman–Crippen LogP) is 0.976. The summed E-state index contributed by atoms with van der Waals surface area (Å²) in [6.45, 7) is 1.34. The number of rotatable bonds is 3. The van der Waals surface area contributed by atoms with E-state index in [4.69, 9.17) is 39.1 Å². The molecular formula is C15H20Cl2N2O4. The molecule has 6 nitrogen and oxygen atoms in total. The van der Waals surface area contributed by atoms with E-state index in [0.29, 0.717) is 27.4 Å². The number of hydrogen-bond acceptors (Lipinski definition) is 5. The van der Waals surface area contributed by atoms with Crippen molar-refractivity contribution in [3.63, 3.8) is 0 Å². The van der Waals surface area contributed by atoms with E-state index in [0.717, 1.165) is 13.1 Å². The topological polar surface area (TPSA) is 107 Å². The van der Waals surface area contributed by atoms with Crippen molar-refractivity contribution in [2.75, 3.05) is 19.7 Å². The molecule has 2 fully saturated rings. The van der Waals surface area contributed by atoms with Crippen molar-refractivity contribution in [2.24, 2.45) is 17.6 Å². The normalized spacial score (nSPS) is 22.9. The van der Waals surface area contributed by atoms with Gasteiger partial charge in [0.05, 0.1) is 16.7 Å². The molecule has 0 spiro atoms. The smallest absolute Gasteiger partial charge is 0.253 e. The molecule has 3 unspecified atom stereocenters. The van der Waals surface area contributed by atoms with E-state index in [1.807, 2.05) is 0 Å². The van der Waals surface area contributed by atoms with Crippen LogP contribution in [-0.4, -0.2) is 51.9 Å². The fourth-order valence-electron chi connectivity index (χ4n) is 2.61. The highest BCUT2D eigenvalue weighted by atomic mass is 35.5. The fourth-order valence-corrected chi connectivity index (χ4v) is 2.95. The number of amides is 1. The number of aliphatic hydroxyl groups excluding tert-OH is 2. The van der Waals surface area contributed by atoms with Gasteiger partial charge in [0.25, 0.3) is 5.91 Å². The van der Waals surface area contributed by atoms with Gasteiger partial charge in [-0.25, -0.2) is 0 Å². The SMILES string of the molecule is NCc1cc(Cl)c(Cl)cc1O.O=C(C(O)CO)N1CC2CC2C1. The molecule has 1 aliphatic carbocycles. The maximum atomic E-state index is 11.3. The van der Waals surface area contributed by atoms with Gasteiger partial charge in [-0.2, -0.15) is 0 Å². The molecule has 1 aromatic carbocycles. The average Bonchev–Trinajstić information content (AvgIpc) is 3.15. The van der Waals surface area contributed by atoms with Crippen molar-refractivity contribution < 1.29 is 20.1 Å². The van der Waals surface area contributed by atoms with E-state index < -0.39 is 12.7 Å². The number of nitrogens with two attached hydrogens (primary N) is 1. The number of piperidine rings is 1. The Morgan fingerprint density at radius 1 is 1.30 bits per heavy atom. The van der Waals surface area contributed by atoms with Crippen LogP contribution in [0, 0.1) is 11.8 Å². The van der Waals surface area contributed by atoms with Gasteiger partial charge >= 0.3 is 0 Å². The van der Waals surface area contributed by atoms with E-state index in [1.54, 1.807) is 11.0 Å². The van der Waals surface area contributed by atoms with Crippen molar-refractivity contribution >= 4 is 29.1 Å². The van der Waals surface area contributed by atoms with Crippen molar-refractivity contribution in [1.29, 1.82) is 0 Å². The van der Waals surface area contributed by atoms with Gasteiger partial charge in [0.1, 0.15) is 5.75 Å². The Balaban J connectivity index is 0.000000168. The van der Waals surface area contributed by atoms with E-state index in [1.165, 1.54) is 12.5 Å². The van der Waals surface area contributed by atoms with Crippen LogP contribution in [0.2, 0.25) is 10.0 Å². The zero-order valence-corrected chi connectivity index (χ0v) is 14.0. The molecule has 23 heavy (non-hydrogen) atoms. The second-order valence-corrected chi connectivity index (χ2v) is 6.61. The van der Waals surface area contributed by atoms with Gasteiger partial charge in [-0.3, -0.25) is 4.79 Å². The highest BCUT2D eigenvalue weighted by Gasteiger charge is 2.47. The molecule has 1 amide bonds. The number of carbonyl (C=O) groups is 1. The summed E-state index contributed by atoms with van der Waals surface area (Å²) in [6, 6.07) is 2.94. The third-order valence-corrected chi connectivity index (χ3v) is 4.81. The molecule has 8 heteroatoms. The lowest BCUT2D eigenvalue weighted by Gasteiger charge is -2.20. The van der Waals surface area contributed by atoms with Gasteiger partial charge in [0, 0.05) is 31.3 Å². The molecule has 2 aliphatic rings. The summed E-state index contributed by atoms with van der Waals surface area (Å²) in [5, 5.41) is 27.5. The Morgan fingerprint density at radius 3 is 2.39 bits per heavy atom. The molecule has 1 heterocycles. The maximum absolute atomic E-state index is 11.3. The molecular weight excluding hydrogens is 343 g/mol. The number of aliphatic hydroxyl groups is 2. The first kappa shape index (κ1) is 18.3. The maximum Gasteiger partial charge on any atom is 0.253 e. The van der Waals surface area contributed by atoms with Crippen LogP contribution in [0.25, 0.3) is 0 Å². The Labute approximate surface area is 144 Å². The molecule has 1 saturated heterocycles. The van der Waals surface area contributed by atoms with E-state index in [9.17, 15) is 9.90 Å². The number of halogens is 2. The number of phenols is 1. The molecule has 0 bridgehead atoms. The summed E-state index contributed by atoms with van der Waals surface area (Å²) in [4.78, 5) is 12.9. The summed E-state index contributed by atoms with van der Waals surface area (Å²) in [7, 11) is 0. The lowest BCUT2D eigenvalue weighted by molar-refractivity contribution is -0.141. The van der Waals surface area contributed by atoms with Gasteiger partial charge in [0.15, 0.2) is 6.10 Å². The van der Waals surface area contributed by atoms with Crippen molar-refractivity contribution in [3.05, 3.63) is 27.7 Å². The highest BCUT2D eigenvalue weighted by Crippen LogP contribution is 2.44. The van der Waals surface area contributed by atoms with Crippen LogP contribution in [0.5, 0.6) is 5.75 Å². The molecule has 128 valence electrons. The lowest BCUT2D eigenvalue weighted by Crippen LogP contribution is -2.40. The van der Waals surface area contributed by atoms with Crippen LogP contribution in [0.3, 0.4) is 0 Å². The van der Waals surface area contributed by atoms with Gasteiger partial charge in [-0.1, -0.05) is 23.2 Å². The van der Waals surface area contributed by atoms with E-state index >= 15 is 0 Å². The van der Waals surface area contributed by atoms with Crippen LogP contribution in [0.1, 0.15) is 12.0 Å². The minimum atomic E-state index is -1.21. The van der Waals surface area contributed by atoms with Gasteiger partial charge in [-0.15, -0.1) is 0 Å². The quantitative estimate of drug-likeness (QED) is 0.640. The molecule has 0 aromatic heterocycles. The first-order valence-corrected chi connectivity index (χ1v) is 8.07. The van der Waals surface area contributed by atoms with Crippen LogP contribution < -0.4 is 5.73 Å². The van der Waals surface area contributed by atoms with E-state index in [2.05, 4.69) is 0 Å². The summed E-state index contributed by atoms with van der Waals surface area (Å²) in [5.74, 6) is 1.13. The Morgan fingerprint density at radius 2 is 1.87 bits per heavy atom. The third-order valence-electron chi connectivity index (χ3n) is 4.09. The Hall–Kier alpha value is -1.05. The number of fused-ring (bicyclic) bond motifs is 1. The predicted molar refractivity (Wildman–Crippen MR) is 87.3 cm³/mol.